The van der Waals surface area contributed by atoms with Gasteiger partial charge in [-0.15, -0.1) is 0 Å². The number of nitrogens with two attached hydrogens (primary N) is 1. The highest BCUT2D eigenvalue weighted by atomic mass is 16.3. The van der Waals surface area contributed by atoms with E-state index in [1.165, 1.54) is 29.2 Å². The van der Waals surface area contributed by atoms with Gasteiger partial charge in [-0.25, -0.2) is 4.79 Å². The first-order chi connectivity index (χ1) is 8.58. The highest BCUT2D eigenvalue weighted by Crippen LogP contribution is 2.29. The Bertz CT molecular complexity index is 538. The van der Waals surface area contributed by atoms with E-state index in [0.29, 0.717) is 11.4 Å². The van der Waals surface area contributed by atoms with Crippen LogP contribution in [0.2, 0.25) is 0 Å². The van der Waals surface area contributed by atoms with Crippen LogP contribution in [0.5, 0.6) is 11.5 Å². The molecule has 2 aromatic rings. The van der Waals surface area contributed by atoms with Gasteiger partial charge in [-0.2, -0.15) is 0 Å². The van der Waals surface area contributed by atoms with E-state index in [0.717, 1.165) is 0 Å². The molecule has 18 heavy (non-hydrogen) atoms. The van der Waals surface area contributed by atoms with Crippen molar-refractivity contribution in [3.63, 3.8) is 0 Å². The standard InChI is InChI=1S/C13H12N2O3/c14-13(18)15(9-3-1-5-11(16)7-9)10-4-2-6-12(17)8-10/h1-8,16-17H,(H2,14,18). The van der Waals surface area contributed by atoms with Crippen molar-refractivity contribution in [3.8, 4) is 11.5 Å². The van der Waals surface area contributed by atoms with Gasteiger partial charge in [0.15, 0.2) is 0 Å². The number of hydrogen-bond acceptors (Lipinski definition) is 3. The fourth-order valence-electron chi connectivity index (χ4n) is 1.67. The van der Waals surface area contributed by atoms with E-state index in [4.69, 9.17) is 5.73 Å². The number of carbonyl (C=O) groups is 1. The summed E-state index contributed by atoms with van der Waals surface area (Å²) in [6.07, 6.45) is 0. The second-order valence-corrected chi connectivity index (χ2v) is 3.71. The molecule has 4 N–H and O–H groups in total. The van der Waals surface area contributed by atoms with E-state index in [2.05, 4.69) is 0 Å². The molecule has 0 fully saturated rings. The van der Waals surface area contributed by atoms with E-state index < -0.39 is 6.03 Å². The third-order valence-electron chi connectivity index (χ3n) is 2.40. The minimum absolute atomic E-state index is 0.0268. The van der Waals surface area contributed by atoms with Gasteiger partial charge < -0.3 is 15.9 Å². The largest absolute Gasteiger partial charge is 0.508 e. The first kappa shape index (κ1) is 11.8. The van der Waals surface area contributed by atoms with Crippen LogP contribution in [0.4, 0.5) is 16.2 Å². The summed E-state index contributed by atoms with van der Waals surface area (Å²) in [6, 6.07) is 11.6. The maximum absolute atomic E-state index is 11.5. The predicted molar refractivity (Wildman–Crippen MR) is 67.9 cm³/mol. The summed E-state index contributed by atoms with van der Waals surface area (Å²) >= 11 is 0. The average Bonchev–Trinajstić information content (AvgIpc) is 2.28. The lowest BCUT2D eigenvalue weighted by Gasteiger charge is -2.20. The van der Waals surface area contributed by atoms with Crippen molar-refractivity contribution in [2.45, 2.75) is 0 Å². The molecule has 0 aliphatic heterocycles. The Morgan fingerprint density at radius 2 is 1.39 bits per heavy atom. The molecule has 0 bridgehead atoms. The number of aromatic hydroxyl groups is 2. The maximum Gasteiger partial charge on any atom is 0.323 e. The topological polar surface area (TPSA) is 86.8 Å². The van der Waals surface area contributed by atoms with Gasteiger partial charge in [0.2, 0.25) is 0 Å². The number of urea groups is 1. The normalized spacial score (nSPS) is 10.0. The minimum Gasteiger partial charge on any atom is -0.508 e. The van der Waals surface area contributed by atoms with Crippen molar-refractivity contribution >= 4 is 17.4 Å². The Labute approximate surface area is 104 Å². The van der Waals surface area contributed by atoms with Gasteiger partial charge in [-0.05, 0) is 24.3 Å². The van der Waals surface area contributed by atoms with Crippen molar-refractivity contribution in [3.05, 3.63) is 48.5 Å². The van der Waals surface area contributed by atoms with Crippen LogP contribution in [0.25, 0.3) is 0 Å². The number of hydrogen-bond donors (Lipinski definition) is 3. The van der Waals surface area contributed by atoms with E-state index in [1.807, 2.05) is 0 Å². The molecular formula is C13H12N2O3. The highest BCUT2D eigenvalue weighted by Gasteiger charge is 2.15. The maximum atomic E-state index is 11.5. The molecule has 0 heterocycles. The minimum atomic E-state index is -0.703. The molecule has 0 saturated heterocycles. The van der Waals surface area contributed by atoms with Crippen LogP contribution in [0.15, 0.2) is 48.5 Å². The Morgan fingerprint density at radius 3 is 1.72 bits per heavy atom. The zero-order valence-electron chi connectivity index (χ0n) is 9.45. The van der Waals surface area contributed by atoms with Crippen LogP contribution in [-0.2, 0) is 0 Å². The average molecular weight is 244 g/mol. The molecule has 0 spiro atoms. The van der Waals surface area contributed by atoms with Gasteiger partial charge in [0, 0.05) is 12.1 Å². The fraction of sp³-hybridized carbons (Fsp3) is 0. The van der Waals surface area contributed by atoms with Crippen LogP contribution in [0.1, 0.15) is 0 Å². The predicted octanol–water partition coefficient (Wildman–Crippen LogP) is 2.31. The fourth-order valence-corrected chi connectivity index (χ4v) is 1.67. The van der Waals surface area contributed by atoms with Gasteiger partial charge >= 0.3 is 6.03 Å². The number of rotatable bonds is 2. The second-order valence-electron chi connectivity index (χ2n) is 3.71. The molecule has 2 rings (SSSR count). The van der Waals surface area contributed by atoms with E-state index in [-0.39, 0.29) is 11.5 Å². The van der Waals surface area contributed by atoms with Crippen molar-refractivity contribution in [2.75, 3.05) is 4.90 Å². The summed E-state index contributed by atoms with van der Waals surface area (Å²) in [5.41, 5.74) is 6.17. The van der Waals surface area contributed by atoms with Gasteiger partial charge in [-0.3, -0.25) is 4.90 Å². The molecule has 0 radical (unpaired) electrons. The molecular weight excluding hydrogens is 232 g/mol. The summed E-state index contributed by atoms with van der Waals surface area (Å²) in [7, 11) is 0. The van der Waals surface area contributed by atoms with Crippen molar-refractivity contribution in [2.24, 2.45) is 5.73 Å². The van der Waals surface area contributed by atoms with Crippen LogP contribution in [0.3, 0.4) is 0 Å². The number of benzene rings is 2. The Hall–Kier alpha value is -2.69. The molecule has 0 aliphatic carbocycles. The van der Waals surface area contributed by atoms with E-state index >= 15 is 0 Å². The molecule has 2 amide bonds. The Balaban J connectivity index is 2.50. The van der Waals surface area contributed by atoms with Crippen molar-refractivity contribution < 1.29 is 15.0 Å². The van der Waals surface area contributed by atoms with Crippen LogP contribution >= 0.6 is 0 Å². The van der Waals surface area contributed by atoms with Gasteiger partial charge in [0.25, 0.3) is 0 Å². The van der Waals surface area contributed by atoms with Crippen LogP contribution < -0.4 is 10.6 Å². The number of phenols is 2. The molecule has 5 nitrogen and oxygen atoms in total. The third-order valence-corrected chi connectivity index (χ3v) is 2.40. The number of phenolic OH excluding ortho intramolecular Hbond substituents is 2. The first-order valence-electron chi connectivity index (χ1n) is 5.25. The van der Waals surface area contributed by atoms with Gasteiger partial charge in [0.05, 0.1) is 11.4 Å². The SMILES string of the molecule is NC(=O)N(c1cccc(O)c1)c1cccc(O)c1. The summed E-state index contributed by atoms with van der Waals surface area (Å²) in [5.74, 6) is 0.0535. The van der Waals surface area contributed by atoms with Gasteiger partial charge in [-0.1, -0.05) is 12.1 Å². The molecule has 0 atom stereocenters. The quantitative estimate of drug-likeness (QED) is 0.757. The number of primary amides is 1. The summed E-state index contributed by atoms with van der Waals surface area (Å²) in [4.78, 5) is 12.7. The van der Waals surface area contributed by atoms with Crippen LogP contribution in [-0.4, -0.2) is 16.2 Å². The van der Waals surface area contributed by atoms with Crippen LogP contribution in [0, 0.1) is 0 Å². The molecule has 92 valence electrons. The highest BCUT2D eigenvalue weighted by molar-refractivity contribution is 5.98. The summed E-state index contributed by atoms with van der Waals surface area (Å²) < 4.78 is 0. The summed E-state index contributed by atoms with van der Waals surface area (Å²) in [5, 5.41) is 18.8. The lowest BCUT2D eigenvalue weighted by atomic mass is 10.2. The molecule has 0 aliphatic rings. The zero-order valence-corrected chi connectivity index (χ0v) is 9.45. The lowest BCUT2D eigenvalue weighted by Crippen LogP contribution is -2.31. The Kier molecular flexibility index (Phi) is 3.05. The zero-order chi connectivity index (χ0) is 13.1. The Morgan fingerprint density at radius 1 is 0.944 bits per heavy atom. The number of anilines is 2. The smallest absolute Gasteiger partial charge is 0.323 e. The molecule has 5 heteroatoms. The van der Waals surface area contributed by atoms with Gasteiger partial charge in [0.1, 0.15) is 11.5 Å². The monoisotopic (exact) mass is 244 g/mol. The number of amides is 2. The summed E-state index contributed by atoms with van der Waals surface area (Å²) in [6.45, 7) is 0. The number of carbonyl (C=O) groups excluding carboxylic acids is 1. The molecule has 2 aromatic carbocycles. The van der Waals surface area contributed by atoms with E-state index in [1.54, 1.807) is 24.3 Å². The van der Waals surface area contributed by atoms with E-state index in [9.17, 15) is 15.0 Å². The molecule has 0 unspecified atom stereocenters. The van der Waals surface area contributed by atoms with Crippen molar-refractivity contribution in [1.82, 2.24) is 0 Å². The van der Waals surface area contributed by atoms with Crippen molar-refractivity contribution in [1.29, 1.82) is 0 Å². The second kappa shape index (κ2) is 4.67. The molecule has 0 saturated carbocycles. The number of nitrogens with zero attached hydrogens (tertiary/aromatic N) is 1. The third kappa shape index (κ3) is 2.35. The molecule has 0 aromatic heterocycles. The lowest BCUT2D eigenvalue weighted by molar-refractivity contribution is 0.256. The first-order valence-corrected chi connectivity index (χ1v) is 5.25.